The lowest BCUT2D eigenvalue weighted by molar-refractivity contribution is 0.0527. The number of carbonyl (C=O) groups excluding carboxylic acids is 2. The molecule has 2 heterocycles. The lowest BCUT2D eigenvalue weighted by Crippen LogP contribution is -2.16. The minimum absolute atomic E-state index is 0.187. The van der Waals surface area contributed by atoms with Gasteiger partial charge in [-0.2, -0.15) is 0 Å². The predicted molar refractivity (Wildman–Crippen MR) is 104 cm³/mol. The Labute approximate surface area is 161 Å². The maximum Gasteiger partial charge on any atom is 0.341 e. The van der Waals surface area contributed by atoms with E-state index in [2.05, 4.69) is 10.3 Å². The van der Waals surface area contributed by atoms with Crippen LogP contribution < -0.4 is 5.32 Å². The van der Waals surface area contributed by atoms with Crippen molar-refractivity contribution in [2.75, 3.05) is 11.9 Å². The van der Waals surface area contributed by atoms with Crippen LogP contribution in [0.5, 0.6) is 0 Å². The van der Waals surface area contributed by atoms with E-state index >= 15 is 0 Å². The highest BCUT2D eigenvalue weighted by Crippen LogP contribution is 2.33. The molecule has 2 aromatic heterocycles. The fourth-order valence-electron chi connectivity index (χ4n) is 2.64. The zero-order valence-electron chi connectivity index (χ0n) is 15.6. The molecular formula is C20H20N2O4S. The number of carbonyl (C=O) groups is 2. The van der Waals surface area contributed by atoms with Gasteiger partial charge in [-0.1, -0.05) is 18.2 Å². The van der Waals surface area contributed by atoms with Gasteiger partial charge in [-0.3, -0.25) is 4.79 Å². The lowest BCUT2D eigenvalue weighted by Gasteiger charge is -2.06. The minimum Gasteiger partial charge on any atom is -0.462 e. The number of anilines is 1. The smallest absolute Gasteiger partial charge is 0.341 e. The van der Waals surface area contributed by atoms with E-state index < -0.39 is 11.9 Å². The molecule has 0 aliphatic heterocycles. The van der Waals surface area contributed by atoms with Gasteiger partial charge in [0.2, 0.25) is 5.89 Å². The molecule has 3 aromatic rings. The summed E-state index contributed by atoms with van der Waals surface area (Å²) < 4.78 is 10.8. The van der Waals surface area contributed by atoms with Crippen LogP contribution in [-0.4, -0.2) is 23.5 Å². The summed E-state index contributed by atoms with van der Waals surface area (Å²) in [6.45, 7) is 7.43. The van der Waals surface area contributed by atoms with Crippen molar-refractivity contribution in [1.82, 2.24) is 4.98 Å². The maximum atomic E-state index is 12.8. The van der Waals surface area contributed by atoms with E-state index in [1.54, 1.807) is 13.8 Å². The summed E-state index contributed by atoms with van der Waals surface area (Å²) in [5.74, 6) is -0.0850. The van der Waals surface area contributed by atoms with Gasteiger partial charge in [0.15, 0.2) is 5.69 Å². The van der Waals surface area contributed by atoms with E-state index in [1.165, 1.54) is 11.3 Å². The van der Waals surface area contributed by atoms with Gasteiger partial charge in [-0.25, -0.2) is 9.78 Å². The third-order valence-corrected chi connectivity index (χ3v) is 5.25. The summed E-state index contributed by atoms with van der Waals surface area (Å²) in [6.07, 6.45) is 0. The monoisotopic (exact) mass is 384 g/mol. The van der Waals surface area contributed by atoms with Crippen LogP contribution >= 0.6 is 11.3 Å². The van der Waals surface area contributed by atoms with Gasteiger partial charge in [0, 0.05) is 10.4 Å². The van der Waals surface area contributed by atoms with Gasteiger partial charge < -0.3 is 14.5 Å². The molecule has 1 aromatic carbocycles. The number of benzene rings is 1. The molecule has 6 nitrogen and oxygen atoms in total. The van der Waals surface area contributed by atoms with Gasteiger partial charge in [0.05, 0.1) is 12.2 Å². The number of amides is 1. The number of oxazole rings is 1. The molecule has 0 unspecified atom stereocenters. The first kappa shape index (κ1) is 18.8. The van der Waals surface area contributed by atoms with Crippen molar-refractivity contribution in [3.05, 3.63) is 57.8 Å². The van der Waals surface area contributed by atoms with Crippen LogP contribution in [0.3, 0.4) is 0 Å². The van der Waals surface area contributed by atoms with Gasteiger partial charge in [-0.05, 0) is 45.4 Å². The second-order valence-electron chi connectivity index (χ2n) is 5.95. The highest BCUT2D eigenvalue weighted by atomic mass is 32.1. The maximum absolute atomic E-state index is 12.8. The van der Waals surface area contributed by atoms with Crippen LogP contribution in [0.25, 0.3) is 11.5 Å². The number of thiophene rings is 1. The Hall–Kier alpha value is -2.93. The number of rotatable bonds is 5. The summed E-state index contributed by atoms with van der Waals surface area (Å²) in [7, 11) is 0. The first-order chi connectivity index (χ1) is 12.9. The largest absolute Gasteiger partial charge is 0.462 e. The van der Waals surface area contributed by atoms with Crippen molar-refractivity contribution >= 4 is 28.2 Å². The van der Waals surface area contributed by atoms with E-state index in [9.17, 15) is 9.59 Å². The topological polar surface area (TPSA) is 81.4 Å². The van der Waals surface area contributed by atoms with Crippen LogP contribution in [-0.2, 0) is 4.74 Å². The predicted octanol–water partition coefficient (Wildman–Crippen LogP) is 4.76. The molecule has 0 aliphatic rings. The molecule has 1 amide bonds. The van der Waals surface area contributed by atoms with Crippen LogP contribution in [0.2, 0.25) is 0 Å². The van der Waals surface area contributed by atoms with Crippen LogP contribution in [0.4, 0.5) is 5.00 Å². The summed E-state index contributed by atoms with van der Waals surface area (Å²) in [4.78, 5) is 30.3. The van der Waals surface area contributed by atoms with Crippen molar-refractivity contribution in [1.29, 1.82) is 0 Å². The Morgan fingerprint density at radius 1 is 1.19 bits per heavy atom. The quantitative estimate of drug-likeness (QED) is 0.642. The summed E-state index contributed by atoms with van der Waals surface area (Å²) in [6, 6.07) is 9.36. The van der Waals surface area contributed by atoms with Crippen LogP contribution in [0, 0.1) is 20.8 Å². The number of hydrogen-bond donors (Lipinski definition) is 1. The zero-order valence-corrected chi connectivity index (χ0v) is 16.4. The first-order valence-corrected chi connectivity index (χ1v) is 9.35. The van der Waals surface area contributed by atoms with Crippen molar-refractivity contribution in [2.45, 2.75) is 27.7 Å². The molecule has 140 valence electrons. The second-order valence-corrected chi connectivity index (χ2v) is 7.18. The Balaban J connectivity index is 1.90. The number of nitrogens with zero attached hydrogens (tertiary/aromatic N) is 1. The molecule has 0 atom stereocenters. The average Bonchev–Trinajstić information content (AvgIpc) is 3.16. The number of hydrogen-bond acceptors (Lipinski definition) is 6. The Morgan fingerprint density at radius 2 is 1.89 bits per heavy atom. The Morgan fingerprint density at radius 3 is 2.56 bits per heavy atom. The molecule has 0 saturated carbocycles. The van der Waals surface area contributed by atoms with Crippen molar-refractivity contribution in [3.8, 4) is 11.5 Å². The Kier molecular flexibility index (Phi) is 5.41. The van der Waals surface area contributed by atoms with Crippen molar-refractivity contribution in [3.63, 3.8) is 0 Å². The number of aromatic nitrogens is 1. The molecule has 0 fully saturated rings. The average molecular weight is 384 g/mol. The van der Waals surface area contributed by atoms with E-state index in [-0.39, 0.29) is 12.3 Å². The zero-order chi connectivity index (χ0) is 19.6. The minimum atomic E-state index is -0.448. The van der Waals surface area contributed by atoms with Gasteiger partial charge in [0.25, 0.3) is 5.91 Å². The fourth-order valence-corrected chi connectivity index (χ4v) is 3.68. The van der Waals surface area contributed by atoms with Gasteiger partial charge in [-0.15, -0.1) is 11.3 Å². The number of aryl methyl sites for hydroxylation is 2. The normalized spacial score (nSPS) is 10.7. The molecule has 0 saturated heterocycles. The Bertz CT molecular complexity index is 989. The van der Waals surface area contributed by atoms with E-state index in [4.69, 9.17) is 9.15 Å². The van der Waals surface area contributed by atoms with Gasteiger partial charge >= 0.3 is 5.97 Å². The van der Waals surface area contributed by atoms with Gasteiger partial charge in [0.1, 0.15) is 10.8 Å². The van der Waals surface area contributed by atoms with E-state index in [0.717, 1.165) is 16.0 Å². The third kappa shape index (κ3) is 3.78. The number of ether oxygens (including phenoxy) is 1. The first-order valence-electron chi connectivity index (χ1n) is 8.53. The SMILES string of the molecule is CCOC(=O)c1c(NC(=O)c2nc(-c3ccccc3)oc2C)sc(C)c1C. The van der Waals surface area contributed by atoms with Crippen molar-refractivity contribution in [2.24, 2.45) is 0 Å². The summed E-state index contributed by atoms with van der Waals surface area (Å²) >= 11 is 1.34. The molecule has 7 heteroatoms. The van der Waals surface area contributed by atoms with E-state index in [1.807, 2.05) is 44.2 Å². The molecule has 3 rings (SSSR count). The van der Waals surface area contributed by atoms with Crippen molar-refractivity contribution < 1.29 is 18.7 Å². The second kappa shape index (κ2) is 7.75. The molecule has 1 N–H and O–H groups in total. The molecule has 0 bridgehead atoms. The lowest BCUT2D eigenvalue weighted by atomic mass is 10.1. The molecular weight excluding hydrogens is 364 g/mol. The molecule has 0 aliphatic carbocycles. The molecule has 0 radical (unpaired) electrons. The van der Waals surface area contributed by atoms with Crippen LogP contribution in [0.1, 0.15) is 44.0 Å². The number of esters is 1. The highest BCUT2D eigenvalue weighted by Gasteiger charge is 2.25. The van der Waals surface area contributed by atoms with E-state index in [0.29, 0.717) is 22.2 Å². The summed E-state index contributed by atoms with van der Waals surface area (Å²) in [5, 5.41) is 3.25. The molecule has 27 heavy (non-hydrogen) atoms. The summed E-state index contributed by atoms with van der Waals surface area (Å²) in [5.41, 5.74) is 2.16. The standard InChI is InChI=1S/C20H20N2O4S/c1-5-25-20(24)15-11(2)13(4)27-19(15)22-17(23)16-12(3)26-18(21-16)14-9-7-6-8-10-14/h6-10H,5H2,1-4H3,(H,22,23). The highest BCUT2D eigenvalue weighted by molar-refractivity contribution is 7.16. The number of nitrogens with one attached hydrogen (secondary N) is 1. The molecule has 0 spiro atoms. The van der Waals surface area contributed by atoms with Crippen LogP contribution in [0.15, 0.2) is 34.7 Å². The third-order valence-electron chi connectivity index (χ3n) is 4.12. The fraction of sp³-hybridized carbons (Fsp3) is 0.250.